The Morgan fingerprint density at radius 2 is 2.18 bits per heavy atom. The zero-order chi connectivity index (χ0) is 11.8. The highest BCUT2D eigenvalue weighted by atomic mass is 32.1. The number of hydrogen-bond acceptors (Lipinski definition) is 4. The van der Waals surface area contributed by atoms with Crippen molar-refractivity contribution >= 4 is 17.1 Å². The van der Waals surface area contributed by atoms with E-state index in [9.17, 15) is 9.90 Å². The Kier molecular flexibility index (Phi) is 2.44. The van der Waals surface area contributed by atoms with E-state index in [1.807, 2.05) is 6.07 Å². The molecule has 17 heavy (non-hydrogen) atoms. The Balaban J connectivity index is 2.08. The van der Waals surface area contributed by atoms with Crippen molar-refractivity contribution in [1.82, 2.24) is 4.98 Å². The number of thiazole rings is 1. The van der Waals surface area contributed by atoms with E-state index in [4.69, 9.17) is 0 Å². The van der Waals surface area contributed by atoms with Gasteiger partial charge in [0.1, 0.15) is 16.5 Å². The third-order valence-corrected chi connectivity index (χ3v) is 4.03. The second-order valence-electron chi connectivity index (χ2n) is 4.12. The van der Waals surface area contributed by atoms with Gasteiger partial charge in [-0.1, -0.05) is 12.1 Å². The van der Waals surface area contributed by atoms with Crippen LogP contribution in [-0.4, -0.2) is 15.9 Å². The van der Waals surface area contributed by atoms with Crippen molar-refractivity contribution in [3.05, 3.63) is 34.8 Å². The molecule has 86 valence electrons. The molecule has 0 spiro atoms. The fourth-order valence-corrected chi connectivity index (χ4v) is 3.15. The van der Waals surface area contributed by atoms with Crippen LogP contribution in [0.3, 0.4) is 0 Å². The fourth-order valence-electron chi connectivity index (χ4n) is 2.03. The number of carbonyl (C=O) groups excluding carboxylic acids is 1. The molecule has 3 nitrogen and oxygen atoms in total. The topological polar surface area (TPSA) is 50.2 Å². The number of phenolic OH excluding ortho intramolecular Hbond substituents is 1. The summed E-state index contributed by atoms with van der Waals surface area (Å²) in [5.74, 6) is 0.371. The first-order valence-electron chi connectivity index (χ1n) is 5.56. The van der Waals surface area contributed by atoms with Crippen LogP contribution in [0.4, 0.5) is 0 Å². The number of rotatable bonds is 1. The van der Waals surface area contributed by atoms with Gasteiger partial charge in [-0.05, 0) is 25.0 Å². The van der Waals surface area contributed by atoms with Crippen LogP contribution in [0.2, 0.25) is 0 Å². The van der Waals surface area contributed by atoms with Gasteiger partial charge in [0.05, 0.1) is 0 Å². The van der Waals surface area contributed by atoms with Crippen LogP contribution in [0.1, 0.15) is 28.2 Å². The predicted octanol–water partition coefficient (Wildman–Crippen LogP) is 3.03. The van der Waals surface area contributed by atoms with Crippen LogP contribution in [-0.2, 0) is 6.42 Å². The fraction of sp³-hybridized carbons (Fsp3) is 0.231. The number of Topliss-reactive ketones (excluding diaryl/α,β-unsaturated/α-hetero) is 1. The summed E-state index contributed by atoms with van der Waals surface area (Å²) in [6.45, 7) is 0. The average Bonchev–Trinajstić information content (AvgIpc) is 2.74. The second-order valence-corrected chi connectivity index (χ2v) is 5.20. The van der Waals surface area contributed by atoms with Crippen LogP contribution in [0.15, 0.2) is 24.3 Å². The Hall–Kier alpha value is -1.68. The van der Waals surface area contributed by atoms with Crippen LogP contribution < -0.4 is 0 Å². The molecular weight excluding hydrogens is 234 g/mol. The number of carbonyl (C=O) groups is 1. The number of aryl methyl sites for hydroxylation is 1. The van der Waals surface area contributed by atoms with Crippen molar-refractivity contribution in [2.75, 3.05) is 0 Å². The highest BCUT2D eigenvalue weighted by molar-refractivity contribution is 7.15. The van der Waals surface area contributed by atoms with E-state index in [1.165, 1.54) is 0 Å². The maximum atomic E-state index is 11.7. The minimum absolute atomic E-state index is 0.147. The standard InChI is InChI=1S/C13H11NO2S/c15-9-4-1-3-8(7-9)13-14-12-10(16)5-2-6-11(12)17-13/h1,3-4,7,15H,2,5-6H2. The summed E-state index contributed by atoms with van der Waals surface area (Å²) in [5, 5.41) is 10.3. The lowest BCUT2D eigenvalue weighted by Gasteiger charge is -2.06. The number of phenols is 1. The third-order valence-electron chi connectivity index (χ3n) is 2.86. The monoisotopic (exact) mass is 245 g/mol. The number of aromatic hydroxyl groups is 1. The molecule has 1 heterocycles. The number of ketones is 1. The molecule has 2 aromatic rings. The van der Waals surface area contributed by atoms with E-state index in [0.717, 1.165) is 28.3 Å². The molecule has 1 N–H and O–H groups in total. The summed E-state index contributed by atoms with van der Waals surface area (Å²) < 4.78 is 0. The molecule has 4 heteroatoms. The molecule has 3 rings (SSSR count). The summed E-state index contributed by atoms with van der Waals surface area (Å²) >= 11 is 1.56. The molecule has 0 aliphatic heterocycles. The Morgan fingerprint density at radius 3 is 2.94 bits per heavy atom. The van der Waals surface area contributed by atoms with Crippen LogP contribution in [0.25, 0.3) is 10.6 Å². The SMILES string of the molecule is O=C1CCCc2sc(-c3cccc(O)c3)nc21. The van der Waals surface area contributed by atoms with E-state index in [1.54, 1.807) is 29.5 Å². The van der Waals surface area contributed by atoms with Gasteiger partial charge >= 0.3 is 0 Å². The number of benzene rings is 1. The highest BCUT2D eigenvalue weighted by Gasteiger charge is 2.22. The lowest BCUT2D eigenvalue weighted by molar-refractivity contribution is 0.0968. The van der Waals surface area contributed by atoms with Gasteiger partial charge in [-0.2, -0.15) is 0 Å². The van der Waals surface area contributed by atoms with Gasteiger partial charge in [0.25, 0.3) is 0 Å². The molecule has 0 bridgehead atoms. The van der Waals surface area contributed by atoms with Crippen molar-refractivity contribution in [2.24, 2.45) is 0 Å². The minimum Gasteiger partial charge on any atom is -0.508 e. The molecule has 1 aliphatic rings. The van der Waals surface area contributed by atoms with Crippen LogP contribution >= 0.6 is 11.3 Å². The first kappa shape index (κ1) is 10.5. The maximum Gasteiger partial charge on any atom is 0.182 e. The van der Waals surface area contributed by atoms with Gasteiger partial charge < -0.3 is 5.11 Å². The van der Waals surface area contributed by atoms with Crippen molar-refractivity contribution < 1.29 is 9.90 Å². The van der Waals surface area contributed by atoms with Crippen LogP contribution in [0.5, 0.6) is 5.75 Å². The Morgan fingerprint density at radius 1 is 1.29 bits per heavy atom. The van der Waals surface area contributed by atoms with Gasteiger partial charge in [-0.25, -0.2) is 4.98 Å². The highest BCUT2D eigenvalue weighted by Crippen LogP contribution is 2.33. The molecule has 0 fully saturated rings. The van der Waals surface area contributed by atoms with E-state index in [2.05, 4.69) is 4.98 Å². The average molecular weight is 245 g/mol. The van der Waals surface area contributed by atoms with Crippen molar-refractivity contribution in [3.63, 3.8) is 0 Å². The smallest absolute Gasteiger partial charge is 0.182 e. The summed E-state index contributed by atoms with van der Waals surface area (Å²) in [4.78, 5) is 17.2. The largest absolute Gasteiger partial charge is 0.508 e. The maximum absolute atomic E-state index is 11.7. The van der Waals surface area contributed by atoms with Gasteiger partial charge in [0.15, 0.2) is 5.78 Å². The molecule has 0 unspecified atom stereocenters. The molecule has 1 aromatic carbocycles. The number of fused-ring (bicyclic) bond motifs is 1. The zero-order valence-electron chi connectivity index (χ0n) is 9.14. The van der Waals surface area contributed by atoms with Crippen molar-refractivity contribution in [1.29, 1.82) is 0 Å². The number of aromatic nitrogens is 1. The van der Waals surface area contributed by atoms with E-state index in [0.29, 0.717) is 12.1 Å². The molecule has 0 saturated carbocycles. The van der Waals surface area contributed by atoms with Gasteiger partial charge in [-0.15, -0.1) is 11.3 Å². The lowest BCUT2D eigenvalue weighted by atomic mass is 10.0. The van der Waals surface area contributed by atoms with Gasteiger partial charge in [0.2, 0.25) is 0 Å². The molecule has 0 amide bonds. The molecule has 1 aromatic heterocycles. The first-order valence-corrected chi connectivity index (χ1v) is 6.38. The molecular formula is C13H11NO2S. The van der Waals surface area contributed by atoms with Gasteiger partial charge in [-0.3, -0.25) is 4.79 Å². The summed E-state index contributed by atoms with van der Waals surface area (Å²) in [5.41, 5.74) is 1.51. The third kappa shape index (κ3) is 1.85. The number of nitrogens with zero attached hydrogens (tertiary/aromatic N) is 1. The lowest BCUT2D eigenvalue weighted by Crippen LogP contribution is -2.08. The summed E-state index contributed by atoms with van der Waals surface area (Å²) in [7, 11) is 0. The first-order chi connectivity index (χ1) is 8.24. The Bertz CT molecular complexity index is 589. The molecule has 0 atom stereocenters. The van der Waals surface area contributed by atoms with Gasteiger partial charge in [0, 0.05) is 16.9 Å². The molecule has 0 saturated heterocycles. The van der Waals surface area contributed by atoms with Crippen molar-refractivity contribution in [3.8, 4) is 16.3 Å². The quantitative estimate of drug-likeness (QED) is 0.840. The summed E-state index contributed by atoms with van der Waals surface area (Å²) in [6, 6.07) is 6.98. The molecule has 1 aliphatic carbocycles. The molecule has 0 radical (unpaired) electrons. The zero-order valence-corrected chi connectivity index (χ0v) is 9.96. The minimum atomic E-state index is 0.147. The van der Waals surface area contributed by atoms with E-state index in [-0.39, 0.29) is 11.5 Å². The van der Waals surface area contributed by atoms with E-state index >= 15 is 0 Å². The number of hydrogen-bond donors (Lipinski definition) is 1. The second kappa shape index (κ2) is 3.96. The van der Waals surface area contributed by atoms with E-state index < -0.39 is 0 Å². The normalized spacial score (nSPS) is 14.7. The van der Waals surface area contributed by atoms with Crippen molar-refractivity contribution in [2.45, 2.75) is 19.3 Å². The van der Waals surface area contributed by atoms with Crippen LogP contribution in [0, 0.1) is 0 Å². The summed E-state index contributed by atoms with van der Waals surface area (Å²) in [6.07, 6.45) is 2.47. The Labute approximate surface area is 103 Å². The predicted molar refractivity (Wildman–Crippen MR) is 66.5 cm³/mol.